The molecule has 2 aromatic carbocycles. The van der Waals surface area contributed by atoms with Gasteiger partial charge < -0.3 is 9.72 Å². The van der Waals surface area contributed by atoms with Crippen LogP contribution >= 0.6 is 23.1 Å². The van der Waals surface area contributed by atoms with Crippen LogP contribution in [0, 0.1) is 20.8 Å². The number of fused-ring (bicyclic) bond motifs is 2. The van der Waals surface area contributed by atoms with Crippen LogP contribution < -0.4 is 15.9 Å². The number of aromatic amines is 1. The maximum atomic E-state index is 13.6. The molecule has 9 heteroatoms. The van der Waals surface area contributed by atoms with E-state index in [4.69, 9.17) is 9.72 Å². The van der Waals surface area contributed by atoms with E-state index in [1.165, 1.54) is 23.1 Å². The minimum atomic E-state index is -0.182. The average molecular weight is 491 g/mol. The van der Waals surface area contributed by atoms with E-state index in [-0.39, 0.29) is 11.1 Å². The van der Waals surface area contributed by atoms with Gasteiger partial charge in [0.15, 0.2) is 5.16 Å². The number of thiophene rings is 1. The Morgan fingerprint density at radius 3 is 2.68 bits per heavy atom. The summed E-state index contributed by atoms with van der Waals surface area (Å²) < 4.78 is 7.14. The molecular weight excluding hydrogens is 468 g/mol. The van der Waals surface area contributed by atoms with E-state index in [0.717, 1.165) is 20.8 Å². The standard InChI is InChI=1S/C25H22N4O3S2/c1-13-9-10-19(32-4)18(11-13)29-24(31)16-7-5-6-8-17(16)26-25(29)33-12-20-27-22(30)21-14(2)15(3)34-23(21)28-20/h5-11H,12H2,1-4H3,(H,27,28,30). The summed E-state index contributed by atoms with van der Waals surface area (Å²) in [7, 11) is 1.58. The predicted octanol–water partition coefficient (Wildman–Crippen LogP) is 4.91. The lowest BCUT2D eigenvalue weighted by molar-refractivity contribution is 0.411. The largest absolute Gasteiger partial charge is 0.495 e. The van der Waals surface area contributed by atoms with Gasteiger partial charge in [0, 0.05) is 4.88 Å². The fraction of sp³-hybridized carbons (Fsp3) is 0.200. The molecule has 0 radical (unpaired) electrons. The van der Waals surface area contributed by atoms with Crippen LogP contribution in [-0.2, 0) is 5.75 Å². The molecule has 5 rings (SSSR count). The number of nitrogens with one attached hydrogen (secondary N) is 1. The first kappa shape index (κ1) is 22.4. The van der Waals surface area contributed by atoms with Crippen LogP contribution in [0.25, 0.3) is 26.8 Å². The topological polar surface area (TPSA) is 89.9 Å². The van der Waals surface area contributed by atoms with E-state index in [1.54, 1.807) is 17.7 Å². The number of methoxy groups -OCH3 is 1. The van der Waals surface area contributed by atoms with Gasteiger partial charge in [0.25, 0.3) is 11.1 Å². The zero-order valence-corrected chi connectivity index (χ0v) is 20.8. The van der Waals surface area contributed by atoms with Gasteiger partial charge in [-0.15, -0.1) is 11.3 Å². The first-order valence-corrected chi connectivity index (χ1v) is 12.5. The monoisotopic (exact) mass is 490 g/mol. The highest BCUT2D eigenvalue weighted by molar-refractivity contribution is 7.98. The highest BCUT2D eigenvalue weighted by Crippen LogP contribution is 2.30. The molecule has 0 atom stereocenters. The summed E-state index contributed by atoms with van der Waals surface area (Å²) in [4.78, 5) is 40.4. The van der Waals surface area contributed by atoms with Crippen LogP contribution in [0.15, 0.2) is 57.2 Å². The van der Waals surface area contributed by atoms with E-state index in [9.17, 15) is 9.59 Å². The molecule has 34 heavy (non-hydrogen) atoms. The number of hydrogen-bond acceptors (Lipinski definition) is 7. The van der Waals surface area contributed by atoms with Crippen molar-refractivity contribution in [3.8, 4) is 11.4 Å². The summed E-state index contributed by atoms with van der Waals surface area (Å²) in [6.45, 7) is 5.89. The summed E-state index contributed by atoms with van der Waals surface area (Å²) in [5.41, 5.74) is 2.86. The maximum absolute atomic E-state index is 13.6. The summed E-state index contributed by atoms with van der Waals surface area (Å²) in [6, 6.07) is 13.0. The molecule has 0 aliphatic heterocycles. The number of H-pyrrole nitrogens is 1. The van der Waals surface area contributed by atoms with E-state index in [0.29, 0.717) is 44.5 Å². The van der Waals surface area contributed by atoms with Crippen molar-refractivity contribution in [1.29, 1.82) is 0 Å². The van der Waals surface area contributed by atoms with Crippen molar-refractivity contribution >= 4 is 44.2 Å². The molecule has 0 unspecified atom stereocenters. The fourth-order valence-electron chi connectivity index (χ4n) is 3.90. The van der Waals surface area contributed by atoms with Gasteiger partial charge in [0.1, 0.15) is 16.4 Å². The highest BCUT2D eigenvalue weighted by Gasteiger charge is 2.18. The van der Waals surface area contributed by atoms with E-state index < -0.39 is 0 Å². The van der Waals surface area contributed by atoms with Gasteiger partial charge in [-0.25, -0.2) is 9.97 Å². The van der Waals surface area contributed by atoms with E-state index >= 15 is 0 Å². The SMILES string of the molecule is COc1ccc(C)cc1-n1c(SCc2nc3sc(C)c(C)c3c(=O)[nH]2)nc2ccccc2c1=O. The first-order chi connectivity index (χ1) is 16.4. The molecule has 0 bridgehead atoms. The second kappa shape index (κ2) is 8.73. The van der Waals surface area contributed by atoms with Crippen molar-refractivity contribution in [2.45, 2.75) is 31.7 Å². The number of aryl methyl sites for hydroxylation is 3. The Labute approximate surface area is 203 Å². The molecule has 5 aromatic rings. The van der Waals surface area contributed by atoms with Crippen LogP contribution in [0.5, 0.6) is 5.75 Å². The Bertz CT molecular complexity index is 1680. The number of para-hydroxylation sites is 1. The Morgan fingerprint density at radius 2 is 1.88 bits per heavy atom. The van der Waals surface area contributed by atoms with Crippen LogP contribution in [0.3, 0.4) is 0 Å². The minimum Gasteiger partial charge on any atom is -0.495 e. The molecule has 3 aromatic heterocycles. The fourth-order valence-corrected chi connectivity index (χ4v) is 5.82. The molecule has 0 aliphatic rings. The zero-order valence-electron chi connectivity index (χ0n) is 19.1. The van der Waals surface area contributed by atoms with Gasteiger partial charge in [-0.1, -0.05) is 30.0 Å². The van der Waals surface area contributed by atoms with E-state index in [1.807, 2.05) is 57.2 Å². The molecule has 172 valence electrons. The van der Waals surface area contributed by atoms with Gasteiger partial charge in [-0.3, -0.25) is 14.2 Å². The van der Waals surface area contributed by atoms with Crippen molar-refractivity contribution in [2.75, 3.05) is 7.11 Å². The summed E-state index contributed by atoms with van der Waals surface area (Å²) in [5, 5.41) is 1.66. The minimum absolute atomic E-state index is 0.147. The Hall–Kier alpha value is -3.43. The molecule has 7 nitrogen and oxygen atoms in total. The summed E-state index contributed by atoms with van der Waals surface area (Å²) >= 11 is 2.86. The first-order valence-electron chi connectivity index (χ1n) is 10.7. The van der Waals surface area contributed by atoms with Gasteiger partial charge in [0.2, 0.25) is 0 Å². The van der Waals surface area contributed by atoms with Crippen LogP contribution in [-0.4, -0.2) is 26.6 Å². The molecule has 0 fully saturated rings. The summed E-state index contributed by atoms with van der Waals surface area (Å²) in [5.74, 6) is 1.46. The lowest BCUT2D eigenvalue weighted by Crippen LogP contribution is -2.22. The second-order valence-electron chi connectivity index (χ2n) is 7.99. The van der Waals surface area contributed by atoms with Gasteiger partial charge >= 0.3 is 0 Å². The molecule has 0 amide bonds. The molecule has 1 N–H and O–H groups in total. The zero-order chi connectivity index (χ0) is 24.0. The number of nitrogens with zero attached hydrogens (tertiary/aromatic N) is 3. The second-order valence-corrected chi connectivity index (χ2v) is 10.1. The van der Waals surface area contributed by atoms with Crippen LogP contribution in [0.4, 0.5) is 0 Å². The van der Waals surface area contributed by atoms with Gasteiger partial charge in [-0.2, -0.15) is 0 Å². The van der Waals surface area contributed by atoms with E-state index in [2.05, 4.69) is 9.97 Å². The molecule has 0 saturated carbocycles. The van der Waals surface area contributed by atoms with Gasteiger partial charge in [0.05, 0.1) is 34.8 Å². The Kier molecular flexibility index (Phi) is 5.75. The Morgan fingerprint density at radius 1 is 1.09 bits per heavy atom. The molecule has 0 saturated heterocycles. The quantitative estimate of drug-likeness (QED) is 0.278. The molecular formula is C25H22N4O3S2. The number of rotatable bonds is 5. The maximum Gasteiger partial charge on any atom is 0.266 e. The van der Waals surface area contributed by atoms with Crippen LogP contribution in [0.2, 0.25) is 0 Å². The summed E-state index contributed by atoms with van der Waals surface area (Å²) in [6.07, 6.45) is 0. The lowest BCUT2D eigenvalue weighted by Gasteiger charge is -2.16. The Balaban J connectivity index is 1.65. The van der Waals surface area contributed by atoms with Crippen molar-refractivity contribution in [1.82, 2.24) is 19.5 Å². The normalized spacial score (nSPS) is 11.4. The van der Waals surface area contributed by atoms with Crippen molar-refractivity contribution in [3.63, 3.8) is 0 Å². The molecule has 0 spiro atoms. The van der Waals surface area contributed by atoms with Gasteiger partial charge in [-0.05, 0) is 56.2 Å². The third-order valence-corrected chi connectivity index (χ3v) is 7.80. The van der Waals surface area contributed by atoms with Crippen LogP contribution in [0.1, 0.15) is 21.8 Å². The third kappa shape index (κ3) is 3.80. The smallest absolute Gasteiger partial charge is 0.266 e. The molecule has 3 heterocycles. The molecule has 0 aliphatic carbocycles. The van der Waals surface area contributed by atoms with Crippen molar-refractivity contribution in [3.05, 3.63) is 85.0 Å². The van der Waals surface area contributed by atoms with Crippen molar-refractivity contribution in [2.24, 2.45) is 0 Å². The predicted molar refractivity (Wildman–Crippen MR) is 138 cm³/mol. The number of ether oxygens (including phenoxy) is 1. The number of thioether (sulfide) groups is 1. The highest BCUT2D eigenvalue weighted by atomic mass is 32.2. The number of benzene rings is 2. The average Bonchev–Trinajstić information content (AvgIpc) is 3.11. The third-order valence-electron chi connectivity index (χ3n) is 5.75. The van der Waals surface area contributed by atoms with Crippen molar-refractivity contribution < 1.29 is 4.74 Å². The number of hydrogen-bond donors (Lipinski definition) is 1. The lowest BCUT2D eigenvalue weighted by atomic mass is 10.2. The number of aromatic nitrogens is 4.